The van der Waals surface area contributed by atoms with Gasteiger partial charge in [-0.3, -0.25) is 37.4 Å². The first kappa shape index (κ1) is 99.4. The van der Waals surface area contributed by atoms with E-state index in [4.69, 9.17) is 52.7 Å². The molecule has 0 fully saturated rings. The van der Waals surface area contributed by atoms with Gasteiger partial charge in [0.05, 0.1) is 88.0 Å². The number of benzene rings is 5. The van der Waals surface area contributed by atoms with Crippen LogP contribution >= 0.6 is 29.5 Å². The number of aliphatic hydroxyl groups excluding tert-OH is 4. The minimum atomic E-state index is -4.68. The van der Waals surface area contributed by atoms with Gasteiger partial charge in [-0.2, -0.15) is 35.1 Å². The lowest BCUT2D eigenvalue weighted by molar-refractivity contribution is -0.158. The molecule has 4 N–H and O–H groups in total. The summed E-state index contributed by atoms with van der Waals surface area (Å²) in [5, 5.41) is 36.0. The zero-order valence-electron chi connectivity index (χ0n) is 65.0. The number of aliphatic hydroxyl groups is 4. The van der Waals surface area contributed by atoms with E-state index in [1.54, 1.807) is 132 Å². The van der Waals surface area contributed by atoms with E-state index in [2.05, 4.69) is 4.74 Å². The van der Waals surface area contributed by atoms with Crippen molar-refractivity contribution < 1.29 is 130 Å². The Morgan fingerprint density at radius 3 is 0.847 bits per heavy atom. The molecule has 0 aromatic heterocycles. The molecule has 0 aliphatic rings. The molecule has 0 bridgehead atoms. The van der Waals surface area contributed by atoms with E-state index >= 15 is 8.78 Å². The molecule has 0 aliphatic carbocycles. The molecule has 0 saturated carbocycles. The van der Waals surface area contributed by atoms with Gasteiger partial charge in [0.1, 0.15) is 35.2 Å². The molecule has 111 heavy (non-hydrogen) atoms. The SMILES string of the molecule is C/C(=C\CC(F)(F)P(=O)(CC(C)C(=O)OC(C)(C)C)Oc1ccccc1)CO.C/C(=C\CC(F)(F)P(=O)(CC(C)C(=O)OC(C)C)Oc1ccccc1)CO.C/C(=C\CC(F)(F)P(=O)(CC(C)C(=O)OCc1ccccc1)Oc1ccccc1)CO.COC(=O)C(C)CP(=O)(Oc1ccccc1)C(F)(F)C/C=C(\C)CO. The zero-order valence-corrected chi connectivity index (χ0v) is 68.5. The molecule has 5 aromatic rings. The Balaban J connectivity index is 0.000000504. The molecule has 5 rings (SSSR count). The lowest BCUT2D eigenvalue weighted by atomic mass is 10.1. The van der Waals surface area contributed by atoms with Gasteiger partial charge in [-0.1, -0.05) is 177 Å². The third-order valence-corrected chi connectivity index (χ3v) is 26.5. The van der Waals surface area contributed by atoms with Gasteiger partial charge in [-0.05, 0) is 116 Å². The van der Waals surface area contributed by atoms with Crippen LogP contribution in [0.25, 0.3) is 0 Å². The minimum absolute atomic E-state index is 0.0112. The van der Waals surface area contributed by atoms with Crippen LogP contribution < -0.4 is 18.1 Å². The Morgan fingerprint density at radius 2 is 0.613 bits per heavy atom. The molecule has 8 atom stereocenters. The van der Waals surface area contributed by atoms with Crippen molar-refractivity contribution in [3.63, 3.8) is 0 Å². The van der Waals surface area contributed by atoms with Gasteiger partial charge in [0, 0.05) is 25.7 Å². The highest BCUT2D eigenvalue weighted by atomic mass is 31.2. The highest BCUT2D eigenvalue weighted by Gasteiger charge is 2.57. The molecule has 0 amide bonds. The standard InChI is InChI=1S/C23H27F2O5P.C20H29F2O5P.C19H27F2O5P.C17H23F2O5P/c1-18(15-26)13-14-23(24,25)31(28,30-21-11-7-4-8-12-21)17-19(2)22(27)29-16-20-9-5-3-6-10-20;1-15(13-23)11-12-20(21,22)28(25,27-17-9-7-6-8-10-17)14-16(2)18(24)26-19(3,4)5;1-14(2)25-18(23)16(4)13-27(24,26-17-8-6-5-7-9-17)19(20,21)11-10-15(3)12-22;1-13(11-20)9-10-17(18,19)25(22,12-14(2)16(21)23-3)24-15-7-5-4-6-8-15/h3-13,19,26H,14-17H2,1-2H3;6-11,16,23H,12-14H2,1-5H3;5-10,14,16,22H,11-13H2,1-4H3;4-9,14,20H,10-12H2,1-3H3/b18-13+;15-11+;15-10+;13-9+. The van der Waals surface area contributed by atoms with Crippen LogP contribution in [0.2, 0.25) is 0 Å². The summed E-state index contributed by atoms with van der Waals surface area (Å²) in [6.07, 6.45) is -2.08. The second-order valence-corrected chi connectivity index (χ2v) is 37.8. The van der Waals surface area contributed by atoms with Gasteiger partial charge in [0.15, 0.2) is 0 Å². The van der Waals surface area contributed by atoms with Crippen molar-refractivity contribution in [3.8, 4) is 23.0 Å². The first-order valence-corrected chi connectivity index (χ1v) is 42.5. The lowest BCUT2D eigenvalue weighted by Gasteiger charge is -2.29. The fourth-order valence-corrected chi connectivity index (χ4v) is 17.8. The van der Waals surface area contributed by atoms with E-state index in [1.807, 2.05) is 6.07 Å². The van der Waals surface area contributed by atoms with Gasteiger partial charge in [0.25, 0.3) is 0 Å². The van der Waals surface area contributed by atoms with E-state index in [-0.39, 0.29) is 56.0 Å². The zero-order chi connectivity index (χ0) is 84.2. The number of halogens is 8. The van der Waals surface area contributed by atoms with Crippen molar-refractivity contribution in [1.29, 1.82) is 0 Å². The van der Waals surface area contributed by atoms with Crippen LogP contribution in [-0.4, -0.2) is 137 Å². The number of hydrogen-bond donors (Lipinski definition) is 4. The van der Waals surface area contributed by atoms with Crippen molar-refractivity contribution in [1.82, 2.24) is 0 Å². The molecule has 0 radical (unpaired) electrons. The fraction of sp³-hybridized carbons (Fsp3) is 0.468. The average molecular weight is 1650 g/mol. The van der Waals surface area contributed by atoms with Crippen LogP contribution in [0.5, 0.6) is 23.0 Å². The van der Waals surface area contributed by atoms with Crippen molar-refractivity contribution in [2.24, 2.45) is 23.7 Å². The molecule has 5 aromatic carbocycles. The summed E-state index contributed by atoms with van der Waals surface area (Å²) in [5.41, 5.74) is -13.6. The maximum atomic E-state index is 15.1. The molecule has 0 spiro atoms. The quantitative estimate of drug-likeness (QED) is 0.00934. The summed E-state index contributed by atoms with van der Waals surface area (Å²) in [6.45, 7) is 18.2. The van der Waals surface area contributed by atoms with Crippen molar-refractivity contribution in [2.45, 2.75) is 157 Å². The van der Waals surface area contributed by atoms with E-state index in [1.165, 1.54) is 104 Å². The average Bonchev–Trinajstić information content (AvgIpc) is 0.807. The third-order valence-electron chi connectivity index (χ3n) is 15.6. The Bertz CT molecular complexity index is 3990. The van der Waals surface area contributed by atoms with Crippen molar-refractivity contribution in [3.05, 3.63) is 204 Å². The summed E-state index contributed by atoms with van der Waals surface area (Å²) in [5.74, 6) is -6.96. The number of carbonyl (C=O) groups excluding carboxylic acids is 4. The van der Waals surface area contributed by atoms with Crippen LogP contribution in [0.4, 0.5) is 35.1 Å². The number of rotatable bonds is 39. The van der Waals surface area contributed by atoms with Crippen LogP contribution in [0.3, 0.4) is 0 Å². The second-order valence-electron chi connectivity index (χ2n) is 27.6. The van der Waals surface area contributed by atoms with Crippen LogP contribution in [-0.2, 0) is 63.0 Å². The highest BCUT2D eigenvalue weighted by Crippen LogP contribution is 2.66. The molecule has 0 saturated heterocycles. The molecule has 32 heteroatoms. The Morgan fingerprint density at radius 1 is 0.378 bits per heavy atom. The normalized spacial score (nSPS) is 15.8. The van der Waals surface area contributed by atoms with Crippen LogP contribution in [0, 0.1) is 23.7 Å². The minimum Gasteiger partial charge on any atom is -0.469 e. The fourth-order valence-electron chi connectivity index (χ4n) is 9.12. The molecule has 618 valence electrons. The number of hydrogen-bond acceptors (Lipinski definition) is 20. The molecular weight excluding hydrogens is 1540 g/mol. The number of ether oxygens (including phenoxy) is 4. The monoisotopic (exact) mass is 1650 g/mol. The Labute approximate surface area is 645 Å². The number of carbonyl (C=O) groups is 4. The number of methoxy groups -OCH3 is 1. The molecule has 8 unspecified atom stereocenters. The highest BCUT2D eigenvalue weighted by molar-refractivity contribution is 7.61. The molecular formula is C79H106F8O20P4. The van der Waals surface area contributed by atoms with Gasteiger partial charge in [0.2, 0.25) is 0 Å². The van der Waals surface area contributed by atoms with E-state index in [0.29, 0.717) is 22.3 Å². The van der Waals surface area contributed by atoms with Gasteiger partial charge < -0.3 is 57.5 Å². The predicted octanol–water partition coefficient (Wildman–Crippen LogP) is 19.8. The van der Waals surface area contributed by atoms with Gasteiger partial charge in [-0.15, -0.1) is 0 Å². The van der Waals surface area contributed by atoms with E-state index in [9.17, 15) is 63.8 Å². The number of allylic oxidation sites excluding steroid dienone is 4. The maximum absolute atomic E-state index is 15.1. The first-order chi connectivity index (χ1) is 51.6. The van der Waals surface area contributed by atoms with Crippen LogP contribution in [0.15, 0.2) is 198 Å². The molecule has 0 aliphatic heterocycles. The Kier molecular flexibility index (Phi) is 41.6. The maximum Gasteiger partial charge on any atom is 0.335 e. The predicted molar refractivity (Wildman–Crippen MR) is 412 cm³/mol. The summed E-state index contributed by atoms with van der Waals surface area (Å²) in [7, 11) is -17.4. The van der Waals surface area contributed by atoms with E-state index < -0.39 is 162 Å². The molecule has 0 heterocycles. The smallest absolute Gasteiger partial charge is 0.335 e. The second kappa shape index (κ2) is 46.5. The van der Waals surface area contributed by atoms with Gasteiger partial charge >= 0.3 is 76.0 Å². The van der Waals surface area contributed by atoms with Gasteiger partial charge in [-0.25, -0.2) is 0 Å². The number of alkyl halides is 8. The topological polar surface area (TPSA) is 291 Å². The third kappa shape index (κ3) is 34.7. The summed E-state index contributed by atoms with van der Waals surface area (Å²) < 4.78 is 213. The first-order valence-electron chi connectivity index (χ1n) is 35.3. The van der Waals surface area contributed by atoms with Crippen molar-refractivity contribution >= 4 is 53.4 Å². The van der Waals surface area contributed by atoms with Crippen molar-refractivity contribution in [2.75, 3.05) is 58.2 Å². The summed E-state index contributed by atoms with van der Waals surface area (Å²) in [4.78, 5) is 48.3. The molecule has 20 nitrogen and oxygen atoms in total. The number of para-hydroxylation sites is 4. The lowest BCUT2D eigenvalue weighted by Crippen LogP contribution is -2.31. The summed E-state index contributed by atoms with van der Waals surface area (Å²) in [6, 6.07) is 39.6. The largest absolute Gasteiger partial charge is 0.469 e. The summed E-state index contributed by atoms with van der Waals surface area (Å²) >= 11 is 0. The van der Waals surface area contributed by atoms with E-state index in [0.717, 1.165) is 37.0 Å². The van der Waals surface area contributed by atoms with Crippen LogP contribution in [0.1, 0.15) is 121 Å². The Hall–Kier alpha value is -7.66. The number of esters is 4.